The molecule has 0 saturated carbocycles. The predicted molar refractivity (Wildman–Crippen MR) is 158 cm³/mol. The SMILES string of the molecule is CC(c1ccccc1)N(CC(=O)N1CCCN(c2ccc(-c3ccccc3)nn2)CC1)C(=O)c1ccc(Cl)cc1. The molecular weight excluding hydrogens is 522 g/mol. The summed E-state index contributed by atoms with van der Waals surface area (Å²) in [7, 11) is 0. The largest absolute Gasteiger partial charge is 0.353 e. The van der Waals surface area contributed by atoms with Gasteiger partial charge in [0.15, 0.2) is 5.82 Å². The van der Waals surface area contributed by atoms with Crippen LogP contribution in [0.2, 0.25) is 5.02 Å². The van der Waals surface area contributed by atoms with Crippen LogP contribution in [0.25, 0.3) is 11.3 Å². The number of nitrogens with zero attached hydrogens (tertiary/aromatic N) is 5. The Kier molecular flexibility index (Phi) is 8.71. The smallest absolute Gasteiger partial charge is 0.254 e. The number of carbonyl (C=O) groups is 2. The molecule has 4 aromatic rings. The maximum absolute atomic E-state index is 13.6. The molecule has 0 aliphatic carbocycles. The molecule has 0 spiro atoms. The standard InChI is InChI=1S/C32H32ClN5O2/c1-24(25-9-4-2-5-10-25)38(32(40)27-13-15-28(33)16-14-27)23-31(39)37-20-8-19-36(21-22-37)30-18-17-29(34-35-30)26-11-6-3-7-12-26/h2-7,9-18,24H,8,19-23H2,1H3. The fourth-order valence-corrected chi connectivity index (χ4v) is 5.08. The van der Waals surface area contributed by atoms with Gasteiger partial charge in [0.1, 0.15) is 6.54 Å². The van der Waals surface area contributed by atoms with E-state index in [0.717, 1.165) is 35.6 Å². The molecule has 0 bridgehead atoms. The second-order valence-corrected chi connectivity index (χ2v) is 10.3. The summed E-state index contributed by atoms with van der Waals surface area (Å²) >= 11 is 6.05. The summed E-state index contributed by atoms with van der Waals surface area (Å²) in [5.74, 6) is 0.523. The van der Waals surface area contributed by atoms with Crippen molar-refractivity contribution in [3.05, 3.63) is 113 Å². The van der Waals surface area contributed by atoms with Crippen molar-refractivity contribution >= 4 is 29.2 Å². The summed E-state index contributed by atoms with van der Waals surface area (Å²) in [5.41, 5.74) is 3.32. The molecule has 3 aromatic carbocycles. The lowest BCUT2D eigenvalue weighted by Gasteiger charge is -2.32. The molecule has 0 radical (unpaired) electrons. The summed E-state index contributed by atoms with van der Waals surface area (Å²) in [5, 5.41) is 9.45. The van der Waals surface area contributed by atoms with Gasteiger partial charge in [-0.15, -0.1) is 10.2 Å². The highest BCUT2D eigenvalue weighted by atomic mass is 35.5. The quantitative estimate of drug-likeness (QED) is 0.292. The van der Waals surface area contributed by atoms with Crippen molar-refractivity contribution in [2.24, 2.45) is 0 Å². The van der Waals surface area contributed by atoms with E-state index in [2.05, 4.69) is 15.1 Å². The highest BCUT2D eigenvalue weighted by Gasteiger charge is 2.28. The number of hydrogen-bond acceptors (Lipinski definition) is 5. The van der Waals surface area contributed by atoms with E-state index in [1.807, 2.05) is 84.6 Å². The second-order valence-electron chi connectivity index (χ2n) is 9.89. The number of halogens is 1. The minimum absolute atomic E-state index is 0.0108. The Balaban J connectivity index is 1.27. The summed E-state index contributed by atoms with van der Waals surface area (Å²) in [6.45, 7) is 4.53. The molecule has 1 atom stereocenters. The van der Waals surface area contributed by atoms with Gasteiger partial charge in [0.05, 0.1) is 11.7 Å². The first-order chi connectivity index (χ1) is 19.5. The number of rotatable bonds is 7. The van der Waals surface area contributed by atoms with Crippen LogP contribution in [0.5, 0.6) is 0 Å². The molecule has 1 aromatic heterocycles. The minimum Gasteiger partial charge on any atom is -0.353 e. The summed E-state index contributed by atoms with van der Waals surface area (Å²) < 4.78 is 0. The lowest BCUT2D eigenvalue weighted by molar-refractivity contribution is -0.132. The molecule has 0 N–H and O–H groups in total. The van der Waals surface area contributed by atoms with E-state index in [1.165, 1.54) is 0 Å². The van der Waals surface area contributed by atoms with E-state index < -0.39 is 0 Å². The van der Waals surface area contributed by atoms with Crippen molar-refractivity contribution in [1.82, 2.24) is 20.0 Å². The van der Waals surface area contributed by atoms with E-state index in [9.17, 15) is 9.59 Å². The molecule has 1 saturated heterocycles. The first kappa shape index (κ1) is 27.3. The van der Waals surface area contributed by atoms with Crippen LogP contribution in [0.15, 0.2) is 97.1 Å². The molecule has 40 heavy (non-hydrogen) atoms. The summed E-state index contributed by atoms with van der Waals surface area (Å²) in [6, 6.07) is 30.2. The molecular formula is C32H32ClN5O2. The third-order valence-electron chi connectivity index (χ3n) is 7.30. The molecule has 2 heterocycles. The van der Waals surface area contributed by atoms with Crippen molar-refractivity contribution in [3.63, 3.8) is 0 Å². The van der Waals surface area contributed by atoms with Gasteiger partial charge >= 0.3 is 0 Å². The molecule has 1 fully saturated rings. The number of hydrogen-bond donors (Lipinski definition) is 0. The Morgan fingerprint density at radius 3 is 2.20 bits per heavy atom. The van der Waals surface area contributed by atoms with Crippen molar-refractivity contribution in [2.45, 2.75) is 19.4 Å². The van der Waals surface area contributed by atoms with Crippen LogP contribution in [0.4, 0.5) is 5.82 Å². The van der Waals surface area contributed by atoms with Gasteiger partial charge in [0.25, 0.3) is 5.91 Å². The van der Waals surface area contributed by atoms with Crippen molar-refractivity contribution in [1.29, 1.82) is 0 Å². The molecule has 1 aliphatic rings. The van der Waals surface area contributed by atoms with E-state index >= 15 is 0 Å². The van der Waals surface area contributed by atoms with E-state index in [0.29, 0.717) is 30.2 Å². The van der Waals surface area contributed by atoms with Gasteiger partial charge in [-0.2, -0.15) is 0 Å². The Morgan fingerprint density at radius 2 is 1.52 bits per heavy atom. The van der Waals surface area contributed by atoms with Gasteiger partial charge in [-0.05, 0) is 55.3 Å². The maximum atomic E-state index is 13.6. The van der Waals surface area contributed by atoms with Crippen LogP contribution in [0, 0.1) is 0 Å². The van der Waals surface area contributed by atoms with Gasteiger partial charge in [0.2, 0.25) is 5.91 Å². The summed E-state index contributed by atoms with van der Waals surface area (Å²) in [6.07, 6.45) is 0.799. The van der Waals surface area contributed by atoms with Crippen molar-refractivity contribution < 1.29 is 9.59 Å². The van der Waals surface area contributed by atoms with Crippen LogP contribution < -0.4 is 4.90 Å². The molecule has 7 nitrogen and oxygen atoms in total. The molecule has 5 rings (SSSR count). The lowest BCUT2D eigenvalue weighted by Crippen LogP contribution is -2.45. The number of benzene rings is 3. The third-order valence-corrected chi connectivity index (χ3v) is 7.55. The average molecular weight is 554 g/mol. The highest BCUT2D eigenvalue weighted by molar-refractivity contribution is 6.30. The van der Waals surface area contributed by atoms with Gasteiger partial charge in [0, 0.05) is 42.3 Å². The van der Waals surface area contributed by atoms with E-state index in [1.54, 1.807) is 29.2 Å². The van der Waals surface area contributed by atoms with E-state index in [-0.39, 0.29) is 24.4 Å². The molecule has 2 amide bonds. The fraction of sp³-hybridized carbons (Fsp3) is 0.250. The van der Waals surface area contributed by atoms with Gasteiger partial charge in [-0.25, -0.2) is 0 Å². The Morgan fingerprint density at radius 1 is 0.825 bits per heavy atom. The van der Waals surface area contributed by atoms with Crippen molar-refractivity contribution in [3.8, 4) is 11.3 Å². The number of carbonyl (C=O) groups excluding carboxylic acids is 2. The maximum Gasteiger partial charge on any atom is 0.254 e. The van der Waals surface area contributed by atoms with Crippen molar-refractivity contribution in [2.75, 3.05) is 37.6 Å². The normalized spacial score (nSPS) is 14.3. The lowest BCUT2D eigenvalue weighted by atomic mass is 10.1. The van der Waals surface area contributed by atoms with Crippen LogP contribution in [0.1, 0.15) is 35.3 Å². The van der Waals surface area contributed by atoms with Crippen LogP contribution in [-0.2, 0) is 4.79 Å². The number of anilines is 1. The van der Waals surface area contributed by atoms with Crippen LogP contribution in [-0.4, -0.2) is 64.5 Å². The van der Waals surface area contributed by atoms with Gasteiger partial charge < -0.3 is 14.7 Å². The van der Waals surface area contributed by atoms with Crippen LogP contribution >= 0.6 is 11.6 Å². The molecule has 8 heteroatoms. The van der Waals surface area contributed by atoms with E-state index in [4.69, 9.17) is 11.6 Å². The molecule has 204 valence electrons. The zero-order valence-electron chi connectivity index (χ0n) is 22.5. The number of amides is 2. The first-order valence-corrected chi connectivity index (χ1v) is 13.9. The average Bonchev–Trinajstić information content (AvgIpc) is 3.27. The van der Waals surface area contributed by atoms with Gasteiger partial charge in [-0.1, -0.05) is 72.3 Å². The van der Waals surface area contributed by atoms with Crippen LogP contribution in [0.3, 0.4) is 0 Å². The minimum atomic E-state index is -0.282. The molecule has 1 unspecified atom stereocenters. The zero-order valence-corrected chi connectivity index (χ0v) is 23.2. The number of aromatic nitrogens is 2. The highest BCUT2D eigenvalue weighted by Crippen LogP contribution is 2.24. The Labute approximate surface area is 240 Å². The fourth-order valence-electron chi connectivity index (χ4n) is 4.95. The first-order valence-electron chi connectivity index (χ1n) is 13.5. The third kappa shape index (κ3) is 6.49. The second kappa shape index (κ2) is 12.7. The zero-order chi connectivity index (χ0) is 27.9. The predicted octanol–water partition coefficient (Wildman–Crippen LogP) is 5.74. The Hall–Kier alpha value is -4.23. The topological polar surface area (TPSA) is 69.6 Å². The summed E-state index contributed by atoms with van der Waals surface area (Å²) in [4.78, 5) is 32.9. The molecule has 1 aliphatic heterocycles. The monoisotopic (exact) mass is 553 g/mol. The van der Waals surface area contributed by atoms with Gasteiger partial charge in [-0.3, -0.25) is 9.59 Å². The Bertz CT molecular complexity index is 1420.